The molecule has 0 aromatic heterocycles. The number of nitrogens with one attached hydrogen (secondary N) is 1. The number of anilines is 1. The lowest BCUT2D eigenvalue weighted by Gasteiger charge is -2.25. The van der Waals surface area contributed by atoms with Crippen molar-refractivity contribution in [3.63, 3.8) is 0 Å². The number of hydrogen-bond acceptors (Lipinski definition) is 3. The van der Waals surface area contributed by atoms with E-state index in [0.717, 1.165) is 12.5 Å². The van der Waals surface area contributed by atoms with Crippen LogP contribution in [0.25, 0.3) is 0 Å². The van der Waals surface area contributed by atoms with E-state index < -0.39 is 26.3 Å². The molecule has 1 rings (SSSR count). The van der Waals surface area contributed by atoms with E-state index in [1.165, 1.54) is 6.07 Å². The molecule has 0 radical (unpaired) electrons. The van der Waals surface area contributed by atoms with Crippen LogP contribution in [-0.4, -0.2) is 14.0 Å². The normalized spacial score (nSPS) is 12.7. The van der Waals surface area contributed by atoms with Crippen molar-refractivity contribution in [3.8, 4) is 0 Å². The molecule has 7 heteroatoms. The number of nitrogens with two attached hydrogens (primary N) is 1. The lowest BCUT2D eigenvalue weighted by Crippen LogP contribution is -2.43. The molecule has 0 aliphatic carbocycles. The Labute approximate surface area is 118 Å². The summed E-state index contributed by atoms with van der Waals surface area (Å²) in [7, 11) is -4.01. The predicted molar refractivity (Wildman–Crippen MR) is 75.1 cm³/mol. The average Bonchev–Trinajstić information content (AvgIpc) is 2.21. The molecule has 0 spiro atoms. The summed E-state index contributed by atoms with van der Waals surface area (Å²) in [5.74, 6) is -0.990. The van der Waals surface area contributed by atoms with Crippen LogP contribution in [0.2, 0.25) is 5.02 Å². The first-order chi connectivity index (χ1) is 8.59. The van der Waals surface area contributed by atoms with Crippen molar-refractivity contribution in [1.82, 2.24) is 4.72 Å². The van der Waals surface area contributed by atoms with Gasteiger partial charge in [-0.05, 0) is 32.4 Å². The van der Waals surface area contributed by atoms with Crippen LogP contribution in [0.15, 0.2) is 17.0 Å². The van der Waals surface area contributed by atoms with Crippen LogP contribution >= 0.6 is 11.6 Å². The number of nitrogen functional groups attached to an aromatic ring is 1. The molecule has 0 unspecified atom stereocenters. The molecular formula is C12H18ClFN2O2S. The van der Waals surface area contributed by atoms with Gasteiger partial charge in [0.15, 0.2) is 5.82 Å². The maximum Gasteiger partial charge on any atom is 0.244 e. The fraction of sp³-hybridized carbons (Fsp3) is 0.500. The van der Waals surface area contributed by atoms with Gasteiger partial charge >= 0.3 is 0 Å². The number of benzene rings is 1. The minimum Gasteiger partial charge on any atom is -0.399 e. The van der Waals surface area contributed by atoms with E-state index in [2.05, 4.69) is 4.72 Å². The summed E-state index contributed by atoms with van der Waals surface area (Å²) in [6, 6.07) is 2.23. The van der Waals surface area contributed by atoms with E-state index in [1.807, 2.05) is 6.92 Å². The van der Waals surface area contributed by atoms with Gasteiger partial charge in [-0.2, -0.15) is 0 Å². The fourth-order valence-corrected chi connectivity index (χ4v) is 3.73. The van der Waals surface area contributed by atoms with Crippen molar-refractivity contribution < 1.29 is 12.8 Å². The minimum absolute atomic E-state index is 0.0973. The highest BCUT2D eigenvalue weighted by molar-refractivity contribution is 7.89. The largest absolute Gasteiger partial charge is 0.399 e. The van der Waals surface area contributed by atoms with Gasteiger partial charge in [-0.15, -0.1) is 0 Å². The Kier molecular flexibility index (Phi) is 4.81. The third-order valence-corrected chi connectivity index (χ3v) is 4.56. The Morgan fingerprint density at radius 2 is 2.00 bits per heavy atom. The van der Waals surface area contributed by atoms with Crippen LogP contribution in [0.3, 0.4) is 0 Å². The van der Waals surface area contributed by atoms with Gasteiger partial charge in [0.1, 0.15) is 4.90 Å². The second-order valence-electron chi connectivity index (χ2n) is 5.05. The first kappa shape index (κ1) is 16.2. The van der Waals surface area contributed by atoms with Crippen LogP contribution in [0.1, 0.15) is 33.6 Å². The number of halogens is 2. The molecule has 0 aliphatic heterocycles. The highest BCUT2D eigenvalue weighted by Crippen LogP contribution is 2.27. The van der Waals surface area contributed by atoms with Crippen molar-refractivity contribution in [1.29, 1.82) is 0 Å². The predicted octanol–water partition coefficient (Wildman–Crippen LogP) is 2.92. The molecule has 108 valence electrons. The molecule has 1 aromatic rings. The molecule has 0 saturated carbocycles. The van der Waals surface area contributed by atoms with Gasteiger partial charge < -0.3 is 5.73 Å². The lowest BCUT2D eigenvalue weighted by molar-refractivity contribution is 0.416. The highest BCUT2D eigenvalue weighted by atomic mass is 35.5. The summed E-state index contributed by atoms with van der Waals surface area (Å²) in [6.45, 7) is 5.41. The van der Waals surface area contributed by atoms with Crippen LogP contribution in [0.4, 0.5) is 10.1 Å². The zero-order valence-corrected chi connectivity index (χ0v) is 12.7. The second-order valence-corrected chi connectivity index (χ2v) is 7.11. The Bertz CT molecular complexity index is 573. The average molecular weight is 309 g/mol. The molecule has 0 saturated heterocycles. The summed E-state index contributed by atoms with van der Waals surface area (Å²) in [5, 5.41) is -0.311. The minimum atomic E-state index is -4.01. The van der Waals surface area contributed by atoms with Crippen LogP contribution in [-0.2, 0) is 10.0 Å². The first-order valence-corrected chi connectivity index (χ1v) is 7.73. The quantitative estimate of drug-likeness (QED) is 0.821. The standard InChI is InChI=1S/C12H18ClFN2O2S/c1-4-5-12(2,3)16-19(17,18)10-7-8(15)6-9(13)11(10)14/h6-7,16H,4-5,15H2,1-3H3. The first-order valence-electron chi connectivity index (χ1n) is 5.87. The Morgan fingerprint density at radius 3 is 2.53 bits per heavy atom. The lowest BCUT2D eigenvalue weighted by atomic mass is 10.0. The summed E-state index contributed by atoms with van der Waals surface area (Å²) in [4.78, 5) is -0.526. The van der Waals surface area contributed by atoms with Crippen molar-refractivity contribution >= 4 is 27.3 Å². The molecule has 4 nitrogen and oxygen atoms in total. The van der Waals surface area contributed by atoms with Gasteiger partial charge in [0.2, 0.25) is 10.0 Å². The zero-order valence-electron chi connectivity index (χ0n) is 11.1. The highest BCUT2D eigenvalue weighted by Gasteiger charge is 2.28. The van der Waals surface area contributed by atoms with Crippen molar-refractivity contribution in [3.05, 3.63) is 23.0 Å². The molecular weight excluding hydrogens is 291 g/mol. The van der Waals surface area contributed by atoms with Crippen LogP contribution < -0.4 is 10.5 Å². The van der Waals surface area contributed by atoms with Gasteiger partial charge in [-0.3, -0.25) is 0 Å². The maximum absolute atomic E-state index is 13.8. The van der Waals surface area contributed by atoms with Gasteiger partial charge in [0, 0.05) is 11.2 Å². The van der Waals surface area contributed by atoms with E-state index in [4.69, 9.17) is 17.3 Å². The van der Waals surface area contributed by atoms with E-state index in [9.17, 15) is 12.8 Å². The smallest absolute Gasteiger partial charge is 0.244 e. The summed E-state index contributed by atoms with van der Waals surface area (Å²) >= 11 is 5.61. The van der Waals surface area contributed by atoms with E-state index in [-0.39, 0.29) is 10.7 Å². The molecule has 19 heavy (non-hydrogen) atoms. The van der Waals surface area contributed by atoms with Gasteiger partial charge in [-0.1, -0.05) is 24.9 Å². The number of rotatable bonds is 5. The summed E-state index contributed by atoms with van der Waals surface area (Å²) < 4.78 is 40.7. The van der Waals surface area contributed by atoms with Crippen molar-refractivity contribution in [2.75, 3.05) is 5.73 Å². The molecule has 0 fully saturated rings. The molecule has 3 N–H and O–H groups in total. The molecule has 0 amide bonds. The van der Waals surface area contributed by atoms with Crippen molar-refractivity contribution in [2.45, 2.75) is 44.0 Å². The van der Waals surface area contributed by atoms with E-state index >= 15 is 0 Å². The number of sulfonamides is 1. The molecule has 0 atom stereocenters. The van der Waals surface area contributed by atoms with E-state index in [1.54, 1.807) is 13.8 Å². The third-order valence-electron chi connectivity index (χ3n) is 2.59. The Morgan fingerprint density at radius 1 is 1.42 bits per heavy atom. The fourth-order valence-electron chi connectivity index (χ4n) is 1.87. The van der Waals surface area contributed by atoms with Crippen LogP contribution in [0, 0.1) is 5.82 Å². The van der Waals surface area contributed by atoms with Gasteiger partial charge in [-0.25, -0.2) is 17.5 Å². The van der Waals surface area contributed by atoms with Gasteiger partial charge in [0.05, 0.1) is 5.02 Å². The third kappa shape index (κ3) is 4.06. The second kappa shape index (κ2) is 5.64. The molecule has 0 aliphatic rings. The molecule has 0 bridgehead atoms. The van der Waals surface area contributed by atoms with E-state index in [0.29, 0.717) is 6.42 Å². The molecule has 1 aromatic carbocycles. The molecule has 0 heterocycles. The van der Waals surface area contributed by atoms with Crippen LogP contribution in [0.5, 0.6) is 0 Å². The monoisotopic (exact) mass is 308 g/mol. The summed E-state index contributed by atoms with van der Waals surface area (Å²) in [5.41, 5.74) is 4.93. The zero-order chi connectivity index (χ0) is 14.8. The van der Waals surface area contributed by atoms with Gasteiger partial charge in [0.25, 0.3) is 0 Å². The topological polar surface area (TPSA) is 72.2 Å². The number of hydrogen-bond donors (Lipinski definition) is 2. The maximum atomic E-state index is 13.8. The Hall–Kier alpha value is -0.850. The van der Waals surface area contributed by atoms with Crippen molar-refractivity contribution in [2.24, 2.45) is 0 Å². The Balaban J connectivity index is 3.22. The summed E-state index contributed by atoms with van der Waals surface area (Å²) in [6.07, 6.45) is 1.43. The SMILES string of the molecule is CCCC(C)(C)NS(=O)(=O)c1cc(N)cc(Cl)c1F.